The summed E-state index contributed by atoms with van der Waals surface area (Å²) in [6.07, 6.45) is 0. The monoisotopic (exact) mass is 436 g/mol. The summed E-state index contributed by atoms with van der Waals surface area (Å²) in [4.78, 5) is -0.0164. The van der Waals surface area contributed by atoms with Crippen molar-refractivity contribution in [3.05, 3.63) is 62.0 Å². The molecule has 20 heavy (non-hydrogen) atoms. The standard InChI is InChI=1S/C15H12Br2Cl2O/c1-2-20-10-4-6-11(13(16)8-10)15(17)12-5-3-9(18)7-14(12)19/h3-8,15H,2H2,1H3. The number of alkyl halides is 1. The lowest BCUT2D eigenvalue weighted by Crippen LogP contribution is -1.97. The molecule has 2 aromatic rings. The van der Waals surface area contributed by atoms with Gasteiger partial charge in [0.1, 0.15) is 5.75 Å². The molecule has 2 rings (SSSR count). The Bertz CT molecular complexity index is 617. The first-order valence-electron chi connectivity index (χ1n) is 6.04. The average molecular weight is 439 g/mol. The molecule has 0 aliphatic carbocycles. The first-order valence-corrected chi connectivity index (χ1v) is 8.50. The summed E-state index contributed by atoms with van der Waals surface area (Å²) in [5, 5.41) is 1.27. The Morgan fingerprint density at radius 2 is 1.80 bits per heavy atom. The van der Waals surface area contributed by atoms with E-state index in [0.717, 1.165) is 21.3 Å². The number of ether oxygens (including phenoxy) is 1. The van der Waals surface area contributed by atoms with E-state index in [1.54, 1.807) is 6.07 Å². The fraction of sp³-hybridized carbons (Fsp3) is 0.200. The summed E-state index contributed by atoms with van der Waals surface area (Å²) in [5.74, 6) is 0.838. The third-order valence-electron chi connectivity index (χ3n) is 2.79. The molecule has 1 nitrogen and oxygen atoms in total. The minimum Gasteiger partial charge on any atom is -0.494 e. The van der Waals surface area contributed by atoms with Gasteiger partial charge in [0.15, 0.2) is 0 Å². The van der Waals surface area contributed by atoms with Crippen LogP contribution in [-0.4, -0.2) is 6.61 Å². The van der Waals surface area contributed by atoms with Gasteiger partial charge < -0.3 is 4.74 Å². The molecule has 106 valence electrons. The molecule has 0 bridgehead atoms. The zero-order valence-corrected chi connectivity index (χ0v) is 15.4. The Morgan fingerprint density at radius 1 is 1.10 bits per heavy atom. The largest absolute Gasteiger partial charge is 0.494 e. The van der Waals surface area contributed by atoms with Crippen LogP contribution in [0.4, 0.5) is 0 Å². The van der Waals surface area contributed by atoms with Crippen molar-refractivity contribution in [1.82, 2.24) is 0 Å². The molecular formula is C15H12Br2Cl2O. The second-order valence-corrected chi connectivity index (χ2v) is 6.76. The Balaban J connectivity index is 2.35. The van der Waals surface area contributed by atoms with E-state index in [-0.39, 0.29) is 4.83 Å². The van der Waals surface area contributed by atoms with E-state index in [2.05, 4.69) is 31.9 Å². The summed E-state index contributed by atoms with van der Waals surface area (Å²) in [5.41, 5.74) is 2.05. The molecule has 0 aromatic heterocycles. The van der Waals surface area contributed by atoms with Crippen LogP contribution in [0.15, 0.2) is 40.9 Å². The topological polar surface area (TPSA) is 9.23 Å². The molecule has 0 amide bonds. The molecule has 0 N–H and O–H groups in total. The molecule has 0 aliphatic heterocycles. The highest BCUT2D eigenvalue weighted by atomic mass is 79.9. The molecule has 0 aliphatic rings. The molecule has 2 aromatic carbocycles. The lowest BCUT2D eigenvalue weighted by atomic mass is 10.0. The van der Waals surface area contributed by atoms with Gasteiger partial charge in [-0.2, -0.15) is 0 Å². The summed E-state index contributed by atoms with van der Waals surface area (Å²) in [6.45, 7) is 2.61. The van der Waals surface area contributed by atoms with Crippen molar-refractivity contribution >= 4 is 55.1 Å². The maximum absolute atomic E-state index is 6.25. The van der Waals surface area contributed by atoms with Gasteiger partial charge >= 0.3 is 0 Å². The van der Waals surface area contributed by atoms with Crippen molar-refractivity contribution in [1.29, 1.82) is 0 Å². The third-order valence-corrected chi connectivity index (χ3v) is 5.03. The summed E-state index contributed by atoms with van der Waals surface area (Å²) in [7, 11) is 0. The van der Waals surface area contributed by atoms with Crippen LogP contribution in [0.2, 0.25) is 10.0 Å². The van der Waals surface area contributed by atoms with Gasteiger partial charge in [-0.05, 0) is 42.3 Å². The maximum Gasteiger partial charge on any atom is 0.120 e. The van der Waals surface area contributed by atoms with E-state index in [1.807, 2.05) is 37.3 Å². The first kappa shape index (κ1) is 16.2. The van der Waals surface area contributed by atoms with Gasteiger partial charge in [0.2, 0.25) is 0 Å². The van der Waals surface area contributed by atoms with Crippen LogP contribution in [-0.2, 0) is 0 Å². The highest BCUT2D eigenvalue weighted by Gasteiger charge is 2.17. The molecule has 0 saturated heterocycles. The van der Waals surface area contributed by atoms with Crippen molar-refractivity contribution in [3.8, 4) is 5.75 Å². The van der Waals surface area contributed by atoms with Gasteiger partial charge in [0.25, 0.3) is 0 Å². The Labute approximate surface area is 145 Å². The Kier molecular flexibility index (Phi) is 5.79. The van der Waals surface area contributed by atoms with Crippen molar-refractivity contribution < 1.29 is 4.74 Å². The van der Waals surface area contributed by atoms with Gasteiger partial charge in [0.05, 0.1) is 11.4 Å². The van der Waals surface area contributed by atoms with Crippen molar-refractivity contribution in [2.45, 2.75) is 11.8 Å². The van der Waals surface area contributed by atoms with Crippen LogP contribution < -0.4 is 4.74 Å². The second kappa shape index (κ2) is 7.17. The summed E-state index contributed by atoms with van der Waals surface area (Å²) < 4.78 is 6.45. The van der Waals surface area contributed by atoms with Crippen molar-refractivity contribution in [2.24, 2.45) is 0 Å². The maximum atomic E-state index is 6.25. The highest BCUT2D eigenvalue weighted by molar-refractivity contribution is 9.11. The van der Waals surface area contributed by atoms with Crippen molar-refractivity contribution in [3.63, 3.8) is 0 Å². The molecule has 1 atom stereocenters. The van der Waals surface area contributed by atoms with E-state index in [9.17, 15) is 0 Å². The first-order chi connectivity index (χ1) is 9.52. The number of benzene rings is 2. The Hall–Kier alpha value is -0.220. The van der Waals surface area contributed by atoms with Crippen LogP contribution in [0.25, 0.3) is 0 Å². The van der Waals surface area contributed by atoms with Gasteiger partial charge in [-0.3, -0.25) is 0 Å². The minimum atomic E-state index is -0.0164. The smallest absolute Gasteiger partial charge is 0.120 e. The van der Waals surface area contributed by atoms with Crippen LogP contribution in [0.5, 0.6) is 5.75 Å². The molecule has 0 saturated carbocycles. The van der Waals surface area contributed by atoms with E-state index >= 15 is 0 Å². The predicted octanol–water partition coefficient (Wildman–Crippen LogP) is 6.64. The zero-order valence-electron chi connectivity index (χ0n) is 10.7. The van der Waals surface area contributed by atoms with Crippen LogP contribution in [0.3, 0.4) is 0 Å². The number of halogens is 4. The molecule has 1 unspecified atom stereocenters. The lowest BCUT2D eigenvalue weighted by Gasteiger charge is -2.15. The van der Waals surface area contributed by atoms with Crippen molar-refractivity contribution in [2.75, 3.05) is 6.61 Å². The molecule has 0 spiro atoms. The molecule has 0 radical (unpaired) electrons. The SMILES string of the molecule is CCOc1ccc(C(Br)c2ccc(Cl)cc2Cl)c(Br)c1. The number of rotatable bonds is 4. The fourth-order valence-corrected chi connectivity index (χ4v) is 4.19. The molecular weight excluding hydrogens is 427 g/mol. The average Bonchev–Trinajstić information content (AvgIpc) is 2.38. The quantitative estimate of drug-likeness (QED) is 0.486. The lowest BCUT2D eigenvalue weighted by molar-refractivity contribution is 0.340. The Morgan fingerprint density at radius 3 is 2.40 bits per heavy atom. The zero-order chi connectivity index (χ0) is 14.7. The van der Waals surface area contributed by atoms with E-state index in [1.165, 1.54) is 0 Å². The fourth-order valence-electron chi connectivity index (χ4n) is 1.84. The second-order valence-electron chi connectivity index (χ2n) is 4.14. The van der Waals surface area contributed by atoms with E-state index in [4.69, 9.17) is 27.9 Å². The van der Waals surface area contributed by atoms with Crippen LogP contribution in [0.1, 0.15) is 22.9 Å². The normalized spacial score (nSPS) is 12.2. The van der Waals surface area contributed by atoms with Gasteiger partial charge in [-0.25, -0.2) is 0 Å². The summed E-state index contributed by atoms with van der Waals surface area (Å²) >= 11 is 19.4. The highest BCUT2D eigenvalue weighted by Crippen LogP contribution is 2.40. The predicted molar refractivity (Wildman–Crippen MR) is 92.5 cm³/mol. The minimum absolute atomic E-state index is 0.0164. The van der Waals surface area contributed by atoms with Crippen LogP contribution in [0, 0.1) is 0 Å². The number of hydrogen-bond donors (Lipinski definition) is 0. The van der Waals surface area contributed by atoms with E-state index in [0.29, 0.717) is 16.7 Å². The van der Waals surface area contributed by atoms with Gasteiger partial charge in [-0.1, -0.05) is 67.2 Å². The van der Waals surface area contributed by atoms with Gasteiger partial charge in [-0.15, -0.1) is 0 Å². The summed E-state index contributed by atoms with van der Waals surface area (Å²) in [6, 6.07) is 11.4. The number of hydrogen-bond acceptors (Lipinski definition) is 1. The molecule has 5 heteroatoms. The molecule has 0 fully saturated rings. The molecule has 0 heterocycles. The van der Waals surface area contributed by atoms with Crippen LogP contribution >= 0.6 is 55.1 Å². The van der Waals surface area contributed by atoms with Gasteiger partial charge in [0, 0.05) is 14.5 Å². The third kappa shape index (κ3) is 3.70. The van der Waals surface area contributed by atoms with E-state index < -0.39 is 0 Å².